The van der Waals surface area contributed by atoms with Crippen molar-refractivity contribution in [2.75, 3.05) is 18.0 Å². The van der Waals surface area contributed by atoms with Crippen molar-refractivity contribution in [1.82, 2.24) is 0 Å². The van der Waals surface area contributed by atoms with E-state index in [2.05, 4.69) is 17.9 Å². The Morgan fingerprint density at radius 1 is 1.19 bits per heavy atom. The molecule has 0 atom stereocenters. The molecule has 1 saturated heterocycles. The fraction of sp³-hybridized carbons (Fsp3) is 0.353. The second-order valence-electron chi connectivity index (χ2n) is 5.64. The number of ketones is 1. The first-order valence-corrected chi connectivity index (χ1v) is 8.53. The van der Waals surface area contributed by atoms with Gasteiger partial charge in [-0.2, -0.15) is 0 Å². The van der Waals surface area contributed by atoms with Crippen LogP contribution in [0.5, 0.6) is 0 Å². The number of piperidine rings is 1. The van der Waals surface area contributed by atoms with Crippen molar-refractivity contribution in [2.45, 2.75) is 19.8 Å². The van der Waals surface area contributed by atoms with Crippen LogP contribution in [0.25, 0.3) is 0 Å². The molecule has 0 amide bonds. The molecule has 1 aliphatic heterocycles. The molecule has 21 heavy (non-hydrogen) atoms. The smallest absolute Gasteiger partial charge is 0.205 e. The van der Waals surface area contributed by atoms with Crippen molar-refractivity contribution < 1.29 is 4.79 Å². The van der Waals surface area contributed by atoms with E-state index in [1.54, 1.807) is 24.3 Å². The van der Waals surface area contributed by atoms with E-state index in [9.17, 15) is 4.79 Å². The molecule has 4 heteroatoms. The summed E-state index contributed by atoms with van der Waals surface area (Å²) in [5.74, 6) is 0.880. The number of benzene rings is 1. The molecular weight excluding hydrogens is 302 g/mol. The molecule has 1 aromatic heterocycles. The minimum absolute atomic E-state index is 0.0929. The molecule has 1 fully saturated rings. The van der Waals surface area contributed by atoms with Gasteiger partial charge in [-0.3, -0.25) is 4.79 Å². The van der Waals surface area contributed by atoms with Crippen molar-refractivity contribution in [3.8, 4) is 0 Å². The third kappa shape index (κ3) is 3.14. The maximum atomic E-state index is 12.7. The monoisotopic (exact) mass is 319 g/mol. The molecule has 1 aliphatic rings. The average Bonchev–Trinajstić information content (AvgIpc) is 2.97. The number of carbonyl (C=O) groups excluding carboxylic acids is 1. The maximum absolute atomic E-state index is 12.7. The lowest BCUT2D eigenvalue weighted by Gasteiger charge is -2.32. The second kappa shape index (κ2) is 6.20. The predicted octanol–water partition coefficient (Wildman–Crippen LogP) is 4.87. The van der Waals surface area contributed by atoms with Crippen molar-refractivity contribution in [3.05, 3.63) is 51.2 Å². The van der Waals surface area contributed by atoms with Crippen LogP contribution in [0.3, 0.4) is 0 Å². The van der Waals surface area contributed by atoms with E-state index in [4.69, 9.17) is 11.6 Å². The van der Waals surface area contributed by atoms with Crippen LogP contribution in [-0.2, 0) is 0 Å². The summed E-state index contributed by atoms with van der Waals surface area (Å²) in [6, 6.07) is 9.21. The van der Waals surface area contributed by atoms with Gasteiger partial charge in [-0.15, -0.1) is 11.3 Å². The Hall–Kier alpha value is -1.32. The van der Waals surface area contributed by atoms with E-state index in [1.807, 2.05) is 5.38 Å². The number of hydrogen-bond donors (Lipinski definition) is 0. The fourth-order valence-electron chi connectivity index (χ4n) is 2.70. The molecular formula is C17H18ClNOS. The summed E-state index contributed by atoms with van der Waals surface area (Å²) in [6.45, 7) is 4.38. The number of rotatable bonds is 3. The van der Waals surface area contributed by atoms with Gasteiger partial charge in [0.2, 0.25) is 5.78 Å². The first-order chi connectivity index (χ1) is 10.1. The number of thiophene rings is 1. The SMILES string of the molecule is CC1CCN(c2ccsc2C(=O)c2ccc(Cl)cc2)CC1. The third-order valence-electron chi connectivity index (χ3n) is 4.08. The van der Waals surface area contributed by atoms with Crippen LogP contribution in [0, 0.1) is 5.92 Å². The van der Waals surface area contributed by atoms with Crippen LogP contribution in [0.15, 0.2) is 35.7 Å². The highest BCUT2D eigenvalue weighted by atomic mass is 35.5. The first-order valence-electron chi connectivity index (χ1n) is 7.28. The van der Waals surface area contributed by atoms with Gasteiger partial charge in [0.05, 0.1) is 10.6 Å². The van der Waals surface area contributed by atoms with Gasteiger partial charge in [0.1, 0.15) is 0 Å². The Balaban J connectivity index is 1.85. The average molecular weight is 320 g/mol. The molecule has 0 bridgehead atoms. The normalized spacial score (nSPS) is 16.2. The number of halogens is 1. The summed E-state index contributed by atoms with van der Waals surface area (Å²) in [5, 5.41) is 2.67. The number of nitrogens with zero attached hydrogens (tertiary/aromatic N) is 1. The van der Waals surface area contributed by atoms with Gasteiger partial charge < -0.3 is 4.90 Å². The Labute approximate surface area is 134 Å². The summed E-state index contributed by atoms with van der Waals surface area (Å²) in [4.78, 5) is 15.9. The highest BCUT2D eigenvalue weighted by molar-refractivity contribution is 7.13. The molecule has 0 N–H and O–H groups in total. The molecule has 2 nitrogen and oxygen atoms in total. The van der Waals surface area contributed by atoms with Crippen molar-refractivity contribution in [1.29, 1.82) is 0 Å². The first kappa shape index (κ1) is 14.6. The van der Waals surface area contributed by atoms with E-state index in [0.717, 1.165) is 29.6 Å². The molecule has 0 radical (unpaired) electrons. The van der Waals surface area contributed by atoms with Crippen LogP contribution < -0.4 is 4.90 Å². The molecule has 2 heterocycles. The summed E-state index contributed by atoms with van der Waals surface area (Å²) in [7, 11) is 0. The molecule has 0 aliphatic carbocycles. The van der Waals surface area contributed by atoms with Crippen molar-refractivity contribution in [2.24, 2.45) is 5.92 Å². The largest absolute Gasteiger partial charge is 0.370 e. The van der Waals surface area contributed by atoms with E-state index in [1.165, 1.54) is 24.2 Å². The minimum Gasteiger partial charge on any atom is -0.370 e. The summed E-state index contributed by atoms with van der Waals surface area (Å²) < 4.78 is 0. The Morgan fingerprint density at radius 3 is 2.52 bits per heavy atom. The lowest BCUT2D eigenvalue weighted by atomic mass is 9.98. The van der Waals surface area contributed by atoms with E-state index in [0.29, 0.717) is 10.6 Å². The van der Waals surface area contributed by atoms with Gasteiger partial charge in [-0.05, 0) is 54.5 Å². The molecule has 2 aromatic rings. The molecule has 0 spiro atoms. The standard InChI is InChI=1S/C17H18ClNOS/c1-12-6-9-19(10-7-12)15-8-11-21-17(15)16(20)13-2-4-14(18)5-3-13/h2-5,8,11-12H,6-7,9-10H2,1H3. The van der Waals surface area contributed by atoms with Gasteiger partial charge in [0.25, 0.3) is 0 Å². The van der Waals surface area contributed by atoms with Gasteiger partial charge in [-0.25, -0.2) is 0 Å². The van der Waals surface area contributed by atoms with Crippen LogP contribution in [0.2, 0.25) is 5.02 Å². The second-order valence-corrected chi connectivity index (χ2v) is 6.99. The number of hydrogen-bond acceptors (Lipinski definition) is 3. The highest BCUT2D eigenvalue weighted by Gasteiger charge is 2.22. The third-order valence-corrected chi connectivity index (χ3v) is 5.24. The zero-order valence-electron chi connectivity index (χ0n) is 12.0. The van der Waals surface area contributed by atoms with Crippen LogP contribution in [0.1, 0.15) is 35.0 Å². The lowest BCUT2D eigenvalue weighted by Crippen LogP contribution is -2.33. The molecule has 1 aromatic carbocycles. The van der Waals surface area contributed by atoms with Crippen LogP contribution in [0.4, 0.5) is 5.69 Å². The van der Waals surface area contributed by atoms with Gasteiger partial charge >= 0.3 is 0 Å². The number of anilines is 1. The Morgan fingerprint density at radius 2 is 1.86 bits per heavy atom. The Bertz CT molecular complexity index is 626. The van der Waals surface area contributed by atoms with Crippen molar-refractivity contribution in [3.63, 3.8) is 0 Å². The zero-order valence-corrected chi connectivity index (χ0v) is 13.6. The van der Waals surface area contributed by atoms with E-state index < -0.39 is 0 Å². The molecule has 3 rings (SSSR count). The Kier molecular flexibility index (Phi) is 4.32. The van der Waals surface area contributed by atoms with Crippen LogP contribution >= 0.6 is 22.9 Å². The maximum Gasteiger partial charge on any atom is 0.205 e. The fourth-order valence-corrected chi connectivity index (χ4v) is 3.71. The molecule has 0 unspecified atom stereocenters. The molecule has 0 saturated carbocycles. The van der Waals surface area contributed by atoms with Crippen LogP contribution in [-0.4, -0.2) is 18.9 Å². The zero-order chi connectivity index (χ0) is 14.8. The highest BCUT2D eigenvalue weighted by Crippen LogP contribution is 2.32. The quantitative estimate of drug-likeness (QED) is 0.752. The lowest BCUT2D eigenvalue weighted by molar-refractivity contribution is 0.104. The summed E-state index contributed by atoms with van der Waals surface area (Å²) >= 11 is 7.42. The summed E-state index contributed by atoms with van der Waals surface area (Å²) in [6.07, 6.45) is 2.40. The van der Waals surface area contributed by atoms with E-state index >= 15 is 0 Å². The molecule has 110 valence electrons. The predicted molar refractivity (Wildman–Crippen MR) is 89.8 cm³/mol. The van der Waals surface area contributed by atoms with E-state index in [-0.39, 0.29) is 5.78 Å². The summed E-state index contributed by atoms with van der Waals surface area (Å²) in [5.41, 5.74) is 1.79. The van der Waals surface area contributed by atoms with Crippen molar-refractivity contribution >= 4 is 34.4 Å². The number of carbonyl (C=O) groups is 1. The topological polar surface area (TPSA) is 20.3 Å². The van der Waals surface area contributed by atoms with Gasteiger partial charge in [0, 0.05) is 23.7 Å². The minimum atomic E-state index is 0.0929. The van der Waals surface area contributed by atoms with Gasteiger partial charge in [-0.1, -0.05) is 18.5 Å². The van der Waals surface area contributed by atoms with Gasteiger partial charge in [0.15, 0.2) is 0 Å².